The molecule has 6 heteroatoms. The molecule has 0 aromatic carbocycles. The number of hydrogen-bond donors (Lipinski definition) is 0. The Hall–Kier alpha value is -2.63. The SMILES string of the molecule is CC/C=C\C/C=C\C/C=C\C/C=C\CCCCCC(=O)OCC(COC(=O)CCCCCCCCCCCCCCCC)OC(=O)CCCCCCCCCCCCCCCCC. The van der Waals surface area contributed by atoms with E-state index in [0.717, 1.165) is 89.9 Å². The summed E-state index contributed by atoms with van der Waals surface area (Å²) in [7, 11) is 0. The summed E-state index contributed by atoms with van der Waals surface area (Å²) in [5.74, 6) is -0.898. The van der Waals surface area contributed by atoms with Crippen molar-refractivity contribution in [3.05, 3.63) is 48.6 Å². The van der Waals surface area contributed by atoms with Gasteiger partial charge in [0.15, 0.2) is 6.10 Å². The zero-order chi connectivity index (χ0) is 45.8. The number of unbranched alkanes of at least 4 members (excludes halogenated alkanes) is 30. The van der Waals surface area contributed by atoms with Crippen molar-refractivity contribution in [2.45, 2.75) is 284 Å². The lowest BCUT2D eigenvalue weighted by molar-refractivity contribution is -0.167. The molecule has 366 valence electrons. The summed E-state index contributed by atoms with van der Waals surface area (Å²) >= 11 is 0. The first kappa shape index (κ1) is 60.4. The summed E-state index contributed by atoms with van der Waals surface area (Å²) in [6.45, 7) is 6.53. The lowest BCUT2D eigenvalue weighted by atomic mass is 10.0. The van der Waals surface area contributed by atoms with Crippen LogP contribution in [-0.4, -0.2) is 37.2 Å². The molecule has 0 bridgehead atoms. The van der Waals surface area contributed by atoms with Crippen LogP contribution in [0, 0.1) is 0 Å². The summed E-state index contributed by atoms with van der Waals surface area (Å²) in [5, 5.41) is 0. The molecule has 0 saturated heterocycles. The fourth-order valence-electron chi connectivity index (χ4n) is 7.79. The Morgan fingerprint density at radius 1 is 0.333 bits per heavy atom. The zero-order valence-corrected chi connectivity index (χ0v) is 41.8. The number of ether oxygens (including phenoxy) is 3. The summed E-state index contributed by atoms with van der Waals surface area (Å²) in [4.78, 5) is 38.0. The molecule has 0 radical (unpaired) electrons. The van der Waals surface area contributed by atoms with Crippen LogP contribution in [0.1, 0.15) is 278 Å². The molecule has 0 aliphatic rings. The van der Waals surface area contributed by atoms with E-state index < -0.39 is 6.10 Å². The first-order chi connectivity index (χ1) is 31.0. The molecule has 1 atom stereocenters. The van der Waals surface area contributed by atoms with Crippen molar-refractivity contribution >= 4 is 17.9 Å². The summed E-state index contributed by atoms with van der Waals surface area (Å²) in [6, 6.07) is 0. The monoisotopic (exact) mass is 883 g/mol. The van der Waals surface area contributed by atoms with Gasteiger partial charge in [0, 0.05) is 19.3 Å². The average molecular weight is 883 g/mol. The maximum absolute atomic E-state index is 12.8. The van der Waals surface area contributed by atoms with E-state index in [9.17, 15) is 14.4 Å². The smallest absolute Gasteiger partial charge is 0.306 e. The van der Waals surface area contributed by atoms with Gasteiger partial charge in [-0.25, -0.2) is 0 Å². The molecule has 0 spiro atoms. The third-order valence-corrected chi connectivity index (χ3v) is 11.8. The Kier molecular flexibility index (Phi) is 49.8. The number of carbonyl (C=O) groups excluding carboxylic acids is 3. The molecule has 0 rings (SSSR count). The minimum absolute atomic E-state index is 0.0792. The molecule has 0 amide bonds. The molecule has 0 aromatic heterocycles. The average Bonchev–Trinajstić information content (AvgIpc) is 3.28. The molecule has 0 saturated carbocycles. The largest absolute Gasteiger partial charge is 0.462 e. The van der Waals surface area contributed by atoms with Crippen molar-refractivity contribution in [3.63, 3.8) is 0 Å². The summed E-state index contributed by atoms with van der Waals surface area (Å²) < 4.78 is 16.8. The van der Waals surface area contributed by atoms with Gasteiger partial charge in [-0.3, -0.25) is 14.4 Å². The van der Waals surface area contributed by atoms with Crippen LogP contribution in [0.3, 0.4) is 0 Å². The van der Waals surface area contributed by atoms with Crippen LogP contribution in [0.4, 0.5) is 0 Å². The maximum atomic E-state index is 12.8. The van der Waals surface area contributed by atoms with Gasteiger partial charge in [0.25, 0.3) is 0 Å². The highest BCUT2D eigenvalue weighted by Crippen LogP contribution is 2.16. The molecule has 0 aromatic rings. The first-order valence-electron chi connectivity index (χ1n) is 27.1. The van der Waals surface area contributed by atoms with Gasteiger partial charge in [-0.15, -0.1) is 0 Å². The van der Waals surface area contributed by atoms with Crippen molar-refractivity contribution in [1.29, 1.82) is 0 Å². The van der Waals surface area contributed by atoms with Crippen molar-refractivity contribution in [1.82, 2.24) is 0 Å². The number of esters is 3. The molecule has 0 N–H and O–H groups in total. The van der Waals surface area contributed by atoms with Crippen LogP contribution >= 0.6 is 0 Å². The predicted octanol–water partition coefficient (Wildman–Crippen LogP) is 17.9. The van der Waals surface area contributed by atoms with E-state index in [1.165, 1.54) is 148 Å². The zero-order valence-electron chi connectivity index (χ0n) is 41.8. The van der Waals surface area contributed by atoms with Crippen molar-refractivity contribution in [2.24, 2.45) is 0 Å². The highest BCUT2D eigenvalue weighted by Gasteiger charge is 2.19. The molecule has 0 heterocycles. The second-order valence-corrected chi connectivity index (χ2v) is 18.1. The fourth-order valence-corrected chi connectivity index (χ4v) is 7.79. The predicted molar refractivity (Wildman–Crippen MR) is 270 cm³/mol. The van der Waals surface area contributed by atoms with Gasteiger partial charge in [-0.05, 0) is 57.8 Å². The number of hydrogen-bond acceptors (Lipinski definition) is 6. The minimum Gasteiger partial charge on any atom is -0.462 e. The van der Waals surface area contributed by atoms with Crippen LogP contribution in [0.15, 0.2) is 48.6 Å². The van der Waals surface area contributed by atoms with Crippen LogP contribution in [0.5, 0.6) is 0 Å². The van der Waals surface area contributed by atoms with Gasteiger partial charge in [0.05, 0.1) is 0 Å². The van der Waals surface area contributed by atoms with Gasteiger partial charge in [0.2, 0.25) is 0 Å². The summed E-state index contributed by atoms with van der Waals surface area (Å²) in [5.41, 5.74) is 0. The normalized spacial score (nSPS) is 12.4. The van der Waals surface area contributed by atoms with Crippen LogP contribution < -0.4 is 0 Å². The topological polar surface area (TPSA) is 78.9 Å². The third kappa shape index (κ3) is 50.2. The highest BCUT2D eigenvalue weighted by molar-refractivity contribution is 5.71. The Morgan fingerprint density at radius 2 is 0.619 bits per heavy atom. The Bertz CT molecular complexity index is 1110. The Balaban J connectivity index is 4.40. The van der Waals surface area contributed by atoms with Crippen LogP contribution in [0.2, 0.25) is 0 Å². The molecule has 63 heavy (non-hydrogen) atoms. The number of allylic oxidation sites excluding steroid dienone is 8. The first-order valence-corrected chi connectivity index (χ1v) is 27.1. The fraction of sp³-hybridized carbons (Fsp3) is 0.807. The standard InChI is InChI=1S/C57H102O6/c1-4-7-10-13-16-19-22-25-28-30-32-35-38-41-44-47-50-56(59)62-53-54(52-61-55(58)49-46-43-40-37-34-31-27-24-21-18-15-12-9-6-3)63-57(60)51-48-45-42-39-36-33-29-26-23-20-17-14-11-8-5-2/h7,10,16,19,25,28,32,35,54H,4-6,8-9,11-15,17-18,20-24,26-27,29-31,33-34,36-53H2,1-3H3/b10-7-,19-16-,28-25-,35-32-. The second kappa shape index (κ2) is 52.0. The Morgan fingerprint density at radius 3 is 0.968 bits per heavy atom. The van der Waals surface area contributed by atoms with E-state index in [2.05, 4.69) is 69.4 Å². The molecule has 1 unspecified atom stereocenters. The second-order valence-electron chi connectivity index (χ2n) is 18.1. The lowest BCUT2D eigenvalue weighted by Gasteiger charge is -2.18. The van der Waals surface area contributed by atoms with E-state index in [0.29, 0.717) is 19.3 Å². The van der Waals surface area contributed by atoms with E-state index in [-0.39, 0.29) is 31.1 Å². The molecular weight excluding hydrogens is 781 g/mol. The van der Waals surface area contributed by atoms with E-state index in [1.54, 1.807) is 0 Å². The van der Waals surface area contributed by atoms with Gasteiger partial charge < -0.3 is 14.2 Å². The maximum Gasteiger partial charge on any atom is 0.306 e. The molecular formula is C57H102O6. The highest BCUT2D eigenvalue weighted by atomic mass is 16.6. The van der Waals surface area contributed by atoms with Crippen LogP contribution in [-0.2, 0) is 28.6 Å². The van der Waals surface area contributed by atoms with Crippen LogP contribution in [0.25, 0.3) is 0 Å². The number of carbonyl (C=O) groups is 3. The lowest BCUT2D eigenvalue weighted by Crippen LogP contribution is -2.30. The van der Waals surface area contributed by atoms with E-state index >= 15 is 0 Å². The van der Waals surface area contributed by atoms with Gasteiger partial charge >= 0.3 is 17.9 Å². The van der Waals surface area contributed by atoms with Crippen molar-refractivity contribution < 1.29 is 28.6 Å². The molecule has 0 aliphatic carbocycles. The Labute approximate surface area is 390 Å². The quantitative estimate of drug-likeness (QED) is 0.0262. The molecule has 0 aliphatic heterocycles. The van der Waals surface area contributed by atoms with E-state index in [4.69, 9.17) is 14.2 Å². The van der Waals surface area contributed by atoms with Crippen molar-refractivity contribution in [3.8, 4) is 0 Å². The van der Waals surface area contributed by atoms with Gasteiger partial charge in [0.1, 0.15) is 13.2 Å². The third-order valence-electron chi connectivity index (χ3n) is 11.8. The van der Waals surface area contributed by atoms with Gasteiger partial charge in [-0.2, -0.15) is 0 Å². The van der Waals surface area contributed by atoms with Gasteiger partial charge in [-0.1, -0.05) is 249 Å². The van der Waals surface area contributed by atoms with Crippen molar-refractivity contribution in [2.75, 3.05) is 13.2 Å². The summed E-state index contributed by atoms with van der Waals surface area (Å²) in [6.07, 6.45) is 62.4. The molecule has 0 fully saturated rings. The molecule has 6 nitrogen and oxygen atoms in total. The van der Waals surface area contributed by atoms with E-state index in [1.807, 2.05) is 0 Å². The number of rotatable bonds is 49. The minimum atomic E-state index is -0.781.